The van der Waals surface area contributed by atoms with Crippen molar-refractivity contribution in [3.8, 4) is 0 Å². The average Bonchev–Trinajstić information content (AvgIpc) is 2.42. The molecule has 0 atom stereocenters. The van der Waals surface area contributed by atoms with E-state index in [2.05, 4.69) is 4.98 Å². The van der Waals surface area contributed by atoms with Crippen molar-refractivity contribution in [2.75, 3.05) is 7.05 Å². The van der Waals surface area contributed by atoms with Gasteiger partial charge in [0.05, 0.1) is 12.2 Å². The molecule has 134 valence electrons. The van der Waals surface area contributed by atoms with Gasteiger partial charge in [0, 0.05) is 25.9 Å². The third-order valence-electron chi connectivity index (χ3n) is 3.40. The number of hydrogen-bond acceptors (Lipinski definition) is 4. The molecule has 0 aliphatic carbocycles. The maximum Gasteiger partial charge on any atom is 0.431 e. The van der Waals surface area contributed by atoms with Crippen molar-refractivity contribution >= 4 is 5.91 Å². The van der Waals surface area contributed by atoms with Gasteiger partial charge >= 0.3 is 6.18 Å². The predicted octanol–water partition coefficient (Wildman–Crippen LogP) is 1.48. The Morgan fingerprint density at radius 1 is 1.42 bits per heavy atom. The lowest BCUT2D eigenvalue weighted by atomic mass is 9.99. The molecule has 0 bridgehead atoms. The molecule has 0 fully saturated rings. The highest BCUT2D eigenvalue weighted by atomic mass is 19.4. The van der Waals surface area contributed by atoms with Gasteiger partial charge < -0.3 is 15.2 Å². The van der Waals surface area contributed by atoms with Crippen LogP contribution in [-0.2, 0) is 18.4 Å². The highest BCUT2D eigenvalue weighted by Crippen LogP contribution is 2.28. The van der Waals surface area contributed by atoms with E-state index in [1.54, 1.807) is 6.92 Å². The van der Waals surface area contributed by atoms with Crippen LogP contribution in [0.2, 0.25) is 0 Å². The first-order valence-electron chi connectivity index (χ1n) is 7.21. The summed E-state index contributed by atoms with van der Waals surface area (Å²) in [5.74, 6) is -1.61. The number of likely N-dealkylation sites (N-methyl/N-ethyl adjacent to an activating group) is 1. The Kier molecular flexibility index (Phi) is 5.80. The standard InChI is InChI=1S/C15H21F3N4O2/c1-8(2)11(12(19)15(16,17)18)14(24)22(5)7-10-13(23)21(4)6-9(3)20-10/h6,8H,7,19H2,1-5H3/b12-11-. The Labute approximate surface area is 137 Å². The van der Waals surface area contributed by atoms with Crippen LogP contribution in [0.3, 0.4) is 0 Å². The van der Waals surface area contributed by atoms with Crippen LogP contribution in [-0.4, -0.2) is 33.6 Å². The van der Waals surface area contributed by atoms with Gasteiger partial charge in [-0.25, -0.2) is 4.98 Å². The highest BCUT2D eigenvalue weighted by molar-refractivity contribution is 5.94. The first-order valence-corrected chi connectivity index (χ1v) is 7.21. The Morgan fingerprint density at radius 2 is 1.96 bits per heavy atom. The number of allylic oxidation sites excluding steroid dienone is 1. The lowest BCUT2D eigenvalue weighted by Gasteiger charge is -2.23. The lowest BCUT2D eigenvalue weighted by molar-refractivity contribution is -0.128. The van der Waals surface area contributed by atoms with Gasteiger partial charge in [-0.05, 0) is 12.8 Å². The average molecular weight is 346 g/mol. The largest absolute Gasteiger partial charge is 0.431 e. The summed E-state index contributed by atoms with van der Waals surface area (Å²) >= 11 is 0. The molecular formula is C15H21F3N4O2. The van der Waals surface area contributed by atoms with Gasteiger partial charge in [0.2, 0.25) is 0 Å². The summed E-state index contributed by atoms with van der Waals surface area (Å²) in [5, 5.41) is 0. The molecule has 0 unspecified atom stereocenters. The highest BCUT2D eigenvalue weighted by Gasteiger charge is 2.37. The number of alkyl halides is 3. The van der Waals surface area contributed by atoms with Crippen molar-refractivity contribution in [3.05, 3.63) is 39.2 Å². The van der Waals surface area contributed by atoms with E-state index in [0.717, 1.165) is 4.90 Å². The van der Waals surface area contributed by atoms with Crippen molar-refractivity contribution in [3.63, 3.8) is 0 Å². The van der Waals surface area contributed by atoms with Crippen molar-refractivity contribution < 1.29 is 18.0 Å². The fourth-order valence-electron chi connectivity index (χ4n) is 2.26. The number of carbonyl (C=O) groups excluding carboxylic acids is 1. The monoisotopic (exact) mass is 346 g/mol. The van der Waals surface area contributed by atoms with Crippen LogP contribution >= 0.6 is 0 Å². The minimum atomic E-state index is -4.80. The second-order valence-electron chi connectivity index (χ2n) is 5.89. The molecule has 1 rings (SSSR count). The predicted molar refractivity (Wildman–Crippen MR) is 82.8 cm³/mol. The number of rotatable bonds is 4. The number of carbonyl (C=O) groups is 1. The summed E-state index contributed by atoms with van der Waals surface area (Å²) in [6.45, 7) is 4.35. The van der Waals surface area contributed by atoms with Gasteiger partial charge in [0.25, 0.3) is 11.5 Å². The number of amides is 1. The van der Waals surface area contributed by atoms with Gasteiger partial charge in [0.1, 0.15) is 11.4 Å². The van der Waals surface area contributed by atoms with E-state index in [1.807, 2.05) is 0 Å². The summed E-state index contributed by atoms with van der Waals surface area (Å²) in [7, 11) is 2.83. The topological polar surface area (TPSA) is 81.2 Å². The molecule has 0 radical (unpaired) electrons. The SMILES string of the molecule is Cc1cn(C)c(=O)c(CN(C)C(=O)/C(=C(\N)C(F)(F)F)C(C)C)n1. The van der Waals surface area contributed by atoms with E-state index in [4.69, 9.17) is 5.73 Å². The van der Waals surface area contributed by atoms with Crippen molar-refractivity contribution in [1.29, 1.82) is 0 Å². The van der Waals surface area contributed by atoms with E-state index < -0.39 is 34.8 Å². The zero-order chi connectivity index (χ0) is 18.8. The number of nitrogens with zero attached hydrogens (tertiary/aromatic N) is 3. The smallest absolute Gasteiger partial charge is 0.394 e. The van der Waals surface area contributed by atoms with Crippen LogP contribution in [0, 0.1) is 12.8 Å². The minimum absolute atomic E-state index is 0.0713. The normalized spacial score (nSPS) is 13.0. The van der Waals surface area contributed by atoms with Gasteiger partial charge in [-0.2, -0.15) is 13.2 Å². The first kappa shape index (κ1) is 19.7. The lowest BCUT2D eigenvalue weighted by Crippen LogP contribution is -2.36. The zero-order valence-corrected chi connectivity index (χ0v) is 14.2. The van der Waals surface area contributed by atoms with Crippen LogP contribution in [0.15, 0.2) is 22.3 Å². The van der Waals surface area contributed by atoms with Gasteiger partial charge in [-0.1, -0.05) is 13.8 Å². The Hall–Kier alpha value is -2.32. The summed E-state index contributed by atoms with van der Waals surface area (Å²) < 4.78 is 39.9. The fourth-order valence-corrected chi connectivity index (χ4v) is 2.26. The van der Waals surface area contributed by atoms with Crippen molar-refractivity contribution in [2.45, 2.75) is 33.5 Å². The summed E-state index contributed by atoms with van der Waals surface area (Å²) in [5.41, 5.74) is 3.39. The van der Waals surface area contributed by atoms with Crippen LogP contribution in [0.25, 0.3) is 0 Å². The molecule has 0 saturated heterocycles. The van der Waals surface area contributed by atoms with Crippen molar-refractivity contribution in [1.82, 2.24) is 14.5 Å². The van der Waals surface area contributed by atoms with Crippen LogP contribution in [0.4, 0.5) is 13.2 Å². The third kappa shape index (κ3) is 4.36. The maximum atomic E-state index is 12.9. The molecule has 2 N–H and O–H groups in total. The summed E-state index contributed by atoms with van der Waals surface area (Å²) in [6.07, 6.45) is -3.28. The van der Waals surface area contributed by atoms with E-state index in [9.17, 15) is 22.8 Å². The Balaban J connectivity index is 3.21. The van der Waals surface area contributed by atoms with E-state index in [1.165, 1.54) is 38.7 Å². The molecule has 9 heteroatoms. The first-order chi connectivity index (χ1) is 10.9. The van der Waals surface area contributed by atoms with Crippen LogP contribution in [0.5, 0.6) is 0 Å². The number of nitrogens with two attached hydrogens (primary N) is 1. The van der Waals surface area contributed by atoms with E-state index >= 15 is 0 Å². The third-order valence-corrected chi connectivity index (χ3v) is 3.40. The summed E-state index contributed by atoms with van der Waals surface area (Å²) in [6, 6.07) is 0. The van der Waals surface area contributed by atoms with Crippen LogP contribution < -0.4 is 11.3 Å². The quantitative estimate of drug-likeness (QED) is 0.838. The molecule has 0 aliphatic rings. The Morgan fingerprint density at radius 3 is 2.42 bits per heavy atom. The maximum absolute atomic E-state index is 12.9. The van der Waals surface area contributed by atoms with Gasteiger partial charge in [-0.15, -0.1) is 0 Å². The minimum Gasteiger partial charge on any atom is -0.394 e. The van der Waals surface area contributed by atoms with Crippen LogP contribution in [0.1, 0.15) is 25.2 Å². The molecule has 24 heavy (non-hydrogen) atoms. The molecule has 6 nitrogen and oxygen atoms in total. The van der Waals surface area contributed by atoms with E-state index in [-0.39, 0.29) is 12.2 Å². The molecule has 1 amide bonds. The second-order valence-corrected chi connectivity index (χ2v) is 5.89. The summed E-state index contributed by atoms with van der Waals surface area (Å²) in [4.78, 5) is 29.5. The molecule has 0 spiro atoms. The number of aromatic nitrogens is 2. The zero-order valence-electron chi connectivity index (χ0n) is 14.2. The molecule has 1 heterocycles. The molecule has 0 aliphatic heterocycles. The number of halogens is 3. The van der Waals surface area contributed by atoms with Gasteiger partial charge in [-0.3, -0.25) is 9.59 Å². The van der Waals surface area contributed by atoms with Crippen molar-refractivity contribution in [2.24, 2.45) is 18.7 Å². The Bertz CT molecular complexity index is 720. The molecule has 1 aromatic rings. The van der Waals surface area contributed by atoms with Gasteiger partial charge in [0.15, 0.2) is 0 Å². The number of aryl methyl sites for hydroxylation is 2. The molecule has 1 aromatic heterocycles. The fraction of sp³-hybridized carbons (Fsp3) is 0.533. The molecular weight excluding hydrogens is 325 g/mol. The molecule has 0 saturated carbocycles. The number of hydrogen-bond donors (Lipinski definition) is 1. The van der Waals surface area contributed by atoms with E-state index in [0.29, 0.717) is 5.69 Å². The second kappa shape index (κ2) is 7.06. The molecule has 0 aromatic carbocycles.